The van der Waals surface area contributed by atoms with Crippen molar-refractivity contribution in [2.75, 3.05) is 25.5 Å². The Kier molecular flexibility index (Phi) is 7.41. The number of methoxy groups -OCH3 is 1. The van der Waals surface area contributed by atoms with Crippen LogP contribution in [-0.4, -0.2) is 37.0 Å². The minimum atomic E-state index is -0.541. The van der Waals surface area contributed by atoms with E-state index in [-0.39, 0.29) is 17.5 Å². The summed E-state index contributed by atoms with van der Waals surface area (Å²) in [5.74, 6) is -0.726. The second-order valence-electron chi connectivity index (χ2n) is 5.26. The van der Waals surface area contributed by atoms with Crippen LogP contribution in [0.4, 0.5) is 11.4 Å². The molecule has 24 heavy (non-hydrogen) atoms. The van der Waals surface area contributed by atoms with E-state index in [1.54, 1.807) is 26.0 Å². The monoisotopic (exact) mass is 335 g/mol. The smallest absolute Gasteiger partial charge is 0.330 e. The predicted octanol–water partition coefficient (Wildman–Crippen LogP) is 1.97. The zero-order valence-electron chi connectivity index (χ0n) is 13.9. The number of anilines is 1. The Hall–Kier alpha value is -2.90. The van der Waals surface area contributed by atoms with E-state index in [0.717, 1.165) is 0 Å². The minimum absolute atomic E-state index is 0.0744. The van der Waals surface area contributed by atoms with E-state index >= 15 is 0 Å². The average Bonchev–Trinajstić information content (AvgIpc) is 2.56. The van der Waals surface area contributed by atoms with Crippen molar-refractivity contribution in [1.29, 1.82) is 0 Å². The zero-order chi connectivity index (χ0) is 18.1. The number of nitro groups is 1. The molecule has 0 fully saturated rings. The van der Waals surface area contributed by atoms with E-state index in [1.807, 2.05) is 0 Å². The third kappa shape index (κ3) is 6.07. The van der Waals surface area contributed by atoms with Crippen molar-refractivity contribution < 1.29 is 19.2 Å². The fourth-order valence-electron chi connectivity index (χ4n) is 1.77. The van der Waals surface area contributed by atoms with Crippen LogP contribution in [0.25, 0.3) is 6.08 Å². The quantitative estimate of drug-likeness (QED) is 0.247. The minimum Gasteiger partial charge on any atom is -0.466 e. The largest absolute Gasteiger partial charge is 0.466 e. The summed E-state index contributed by atoms with van der Waals surface area (Å²) < 4.78 is 4.47. The van der Waals surface area contributed by atoms with Crippen molar-refractivity contribution in [2.45, 2.75) is 13.8 Å². The molecule has 1 amide bonds. The van der Waals surface area contributed by atoms with Gasteiger partial charge in [0, 0.05) is 31.1 Å². The van der Waals surface area contributed by atoms with Crippen LogP contribution >= 0.6 is 0 Å². The molecule has 8 heteroatoms. The number of carbonyl (C=O) groups is 2. The van der Waals surface area contributed by atoms with Gasteiger partial charge in [0.1, 0.15) is 5.69 Å². The second kappa shape index (κ2) is 9.29. The van der Waals surface area contributed by atoms with Gasteiger partial charge in [-0.3, -0.25) is 14.9 Å². The lowest BCUT2D eigenvalue weighted by Gasteiger charge is -2.10. The number of hydrogen-bond acceptors (Lipinski definition) is 6. The van der Waals surface area contributed by atoms with Gasteiger partial charge in [0.2, 0.25) is 5.91 Å². The first-order valence-corrected chi connectivity index (χ1v) is 7.41. The molecular formula is C16H21N3O5. The Morgan fingerprint density at radius 1 is 1.33 bits per heavy atom. The number of nitro benzene ring substituents is 1. The fraction of sp³-hybridized carbons (Fsp3) is 0.375. The van der Waals surface area contributed by atoms with Crippen molar-refractivity contribution in [3.05, 3.63) is 40.0 Å². The lowest BCUT2D eigenvalue weighted by Crippen LogP contribution is -2.31. The highest BCUT2D eigenvalue weighted by molar-refractivity contribution is 5.87. The molecule has 0 saturated carbocycles. The van der Waals surface area contributed by atoms with Crippen LogP contribution in [0.2, 0.25) is 0 Å². The topological polar surface area (TPSA) is 111 Å². The van der Waals surface area contributed by atoms with Gasteiger partial charge >= 0.3 is 5.97 Å². The SMILES string of the molecule is COC(=O)/C=C/c1ccc(NCCNC(=O)C(C)C)c([N+](=O)[O-])c1. The average molecular weight is 335 g/mol. The molecule has 0 aromatic heterocycles. The number of ether oxygens (including phenoxy) is 1. The molecule has 0 aliphatic heterocycles. The summed E-state index contributed by atoms with van der Waals surface area (Å²) in [4.78, 5) is 33.2. The van der Waals surface area contributed by atoms with Gasteiger partial charge in [-0.05, 0) is 17.7 Å². The van der Waals surface area contributed by atoms with Crippen molar-refractivity contribution >= 4 is 29.3 Å². The maximum Gasteiger partial charge on any atom is 0.330 e. The van der Waals surface area contributed by atoms with Gasteiger partial charge in [0.15, 0.2) is 0 Å². The van der Waals surface area contributed by atoms with E-state index in [4.69, 9.17) is 0 Å². The molecule has 0 aliphatic carbocycles. The highest BCUT2D eigenvalue weighted by atomic mass is 16.6. The summed E-state index contributed by atoms with van der Waals surface area (Å²) in [6, 6.07) is 4.55. The molecular weight excluding hydrogens is 314 g/mol. The molecule has 1 aromatic carbocycles. The van der Waals surface area contributed by atoms with E-state index < -0.39 is 10.9 Å². The predicted molar refractivity (Wildman–Crippen MR) is 90.5 cm³/mol. The molecule has 0 aliphatic rings. The molecule has 0 spiro atoms. The lowest BCUT2D eigenvalue weighted by atomic mass is 10.1. The summed E-state index contributed by atoms with van der Waals surface area (Å²) >= 11 is 0. The molecule has 0 unspecified atom stereocenters. The highest BCUT2D eigenvalue weighted by Gasteiger charge is 2.14. The van der Waals surface area contributed by atoms with Crippen LogP contribution < -0.4 is 10.6 Å². The Bertz CT molecular complexity index is 641. The third-order valence-electron chi connectivity index (χ3n) is 3.10. The van der Waals surface area contributed by atoms with E-state index in [9.17, 15) is 19.7 Å². The number of nitrogens with one attached hydrogen (secondary N) is 2. The van der Waals surface area contributed by atoms with Gasteiger partial charge in [-0.1, -0.05) is 19.9 Å². The van der Waals surface area contributed by atoms with Gasteiger partial charge < -0.3 is 15.4 Å². The number of rotatable bonds is 8. The van der Waals surface area contributed by atoms with Crippen molar-refractivity contribution in [3.8, 4) is 0 Å². The van der Waals surface area contributed by atoms with Gasteiger partial charge in [-0.15, -0.1) is 0 Å². The Labute approximate surface area is 140 Å². The molecule has 1 aromatic rings. The van der Waals surface area contributed by atoms with Crippen LogP contribution in [0.5, 0.6) is 0 Å². The lowest BCUT2D eigenvalue weighted by molar-refractivity contribution is -0.384. The van der Waals surface area contributed by atoms with Crippen LogP contribution in [0, 0.1) is 16.0 Å². The number of carbonyl (C=O) groups excluding carboxylic acids is 2. The Morgan fingerprint density at radius 2 is 2.04 bits per heavy atom. The number of esters is 1. The van der Waals surface area contributed by atoms with E-state index in [1.165, 1.54) is 25.3 Å². The molecule has 1 rings (SSSR count). The molecule has 130 valence electrons. The zero-order valence-corrected chi connectivity index (χ0v) is 13.9. The van der Waals surface area contributed by atoms with E-state index in [0.29, 0.717) is 24.3 Å². The maximum atomic E-state index is 11.4. The van der Waals surface area contributed by atoms with E-state index in [2.05, 4.69) is 15.4 Å². The number of nitrogens with zero attached hydrogens (tertiary/aromatic N) is 1. The maximum absolute atomic E-state index is 11.4. The van der Waals surface area contributed by atoms with Crippen LogP contribution in [0.3, 0.4) is 0 Å². The third-order valence-corrected chi connectivity index (χ3v) is 3.10. The normalized spacial score (nSPS) is 10.7. The standard InChI is InChI=1S/C16H21N3O5/c1-11(2)16(21)18-9-8-17-13-6-4-12(5-7-15(20)24-3)10-14(13)19(22)23/h4-7,10-11,17H,8-9H2,1-3H3,(H,18,21)/b7-5+. The summed E-state index contributed by atoms with van der Waals surface area (Å²) in [6.07, 6.45) is 2.62. The number of hydrogen-bond donors (Lipinski definition) is 2. The van der Waals surface area contributed by atoms with Gasteiger partial charge in [0.05, 0.1) is 12.0 Å². The van der Waals surface area contributed by atoms with Crippen molar-refractivity contribution in [3.63, 3.8) is 0 Å². The molecule has 2 N–H and O–H groups in total. The number of amides is 1. The van der Waals surface area contributed by atoms with Crippen molar-refractivity contribution in [1.82, 2.24) is 5.32 Å². The summed E-state index contributed by atoms with van der Waals surface area (Å²) in [5, 5.41) is 16.8. The molecule has 0 atom stereocenters. The first-order valence-electron chi connectivity index (χ1n) is 7.41. The summed E-state index contributed by atoms with van der Waals surface area (Å²) in [6.45, 7) is 4.29. The van der Waals surface area contributed by atoms with Crippen molar-refractivity contribution in [2.24, 2.45) is 5.92 Å². The van der Waals surface area contributed by atoms with Crippen LogP contribution in [0.1, 0.15) is 19.4 Å². The summed E-state index contributed by atoms with van der Waals surface area (Å²) in [7, 11) is 1.25. The molecule has 0 radical (unpaired) electrons. The molecule has 0 saturated heterocycles. The van der Waals surface area contributed by atoms with Gasteiger partial charge in [-0.2, -0.15) is 0 Å². The second-order valence-corrected chi connectivity index (χ2v) is 5.26. The van der Waals surface area contributed by atoms with Gasteiger partial charge in [0.25, 0.3) is 5.69 Å². The molecule has 0 heterocycles. The Morgan fingerprint density at radius 3 is 2.62 bits per heavy atom. The van der Waals surface area contributed by atoms with Crippen LogP contribution in [-0.2, 0) is 14.3 Å². The first kappa shape index (κ1) is 19.1. The highest BCUT2D eigenvalue weighted by Crippen LogP contribution is 2.25. The van der Waals surface area contributed by atoms with Crippen LogP contribution in [0.15, 0.2) is 24.3 Å². The molecule has 0 bridgehead atoms. The fourth-order valence-corrected chi connectivity index (χ4v) is 1.77. The number of benzene rings is 1. The first-order chi connectivity index (χ1) is 11.3. The molecule has 8 nitrogen and oxygen atoms in total. The van der Waals surface area contributed by atoms with Gasteiger partial charge in [-0.25, -0.2) is 4.79 Å². The Balaban J connectivity index is 2.74. The summed E-state index contributed by atoms with van der Waals surface area (Å²) in [5.41, 5.74) is 0.733.